The van der Waals surface area contributed by atoms with Crippen LogP contribution in [-0.4, -0.2) is 46.8 Å². The molecule has 214 valence electrons. The highest BCUT2D eigenvalue weighted by molar-refractivity contribution is 5.96. The van der Waals surface area contributed by atoms with Crippen LogP contribution in [0.4, 0.5) is 4.39 Å². The zero-order chi connectivity index (χ0) is 29.1. The van der Waals surface area contributed by atoms with Crippen molar-refractivity contribution in [1.29, 1.82) is 0 Å². The van der Waals surface area contributed by atoms with E-state index in [9.17, 15) is 9.90 Å². The van der Waals surface area contributed by atoms with Crippen molar-refractivity contribution in [1.82, 2.24) is 20.6 Å². The predicted molar refractivity (Wildman–Crippen MR) is 161 cm³/mol. The Hall–Kier alpha value is -4.53. The van der Waals surface area contributed by atoms with Gasteiger partial charge in [-0.05, 0) is 72.4 Å². The molecule has 0 aliphatic heterocycles. The number of aromatic nitrogens is 2. The number of pyridine rings is 1. The maximum atomic E-state index is 15.0. The fourth-order valence-corrected chi connectivity index (χ4v) is 5.43. The Morgan fingerprint density at radius 3 is 2.67 bits per heavy atom. The lowest BCUT2D eigenvalue weighted by Crippen LogP contribution is -2.50. The molecule has 1 aliphatic rings. The van der Waals surface area contributed by atoms with Crippen LogP contribution in [0.15, 0.2) is 97.3 Å². The summed E-state index contributed by atoms with van der Waals surface area (Å²) in [5.74, 6) is -0.435. The first-order chi connectivity index (χ1) is 20.4. The number of aliphatic hydroxyl groups excluding tert-OH is 1. The third-order valence-corrected chi connectivity index (χ3v) is 8.05. The third kappa shape index (κ3) is 5.91. The van der Waals surface area contributed by atoms with Crippen molar-refractivity contribution < 1.29 is 19.0 Å². The van der Waals surface area contributed by atoms with Gasteiger partial charge in [0.25, 0.3) is 5.91 Å². The number of fused-ring (bicyclic) bond motifs is 1. The normalized spacial score (nSPS) is 15.2. The van der Waals surface area contributed by atoms with Crippen LogP contribution in [0.1, 0.15) is 34.3 Å². The second-order valence-corrected chi connectivity index (χ2v) is 10.9. The molecular weight excluding hydrogens is 531 g/mol. The molecule has 0 bridgehead atoms. The van der Waals surface area contributed by atoms with E-state index in [0.29, 0.717) is 12.0 Å². The van der Waals surface area contributed by atoms with E-state index in [1.807, 2.05) is 60.7 Å². The summed E-state index contributed by atoms with van der Waals surface area (Å²) in [4.78, 5) is 21.0. The SMILES string of the molecule is COc1cccc(C2(NC[C@@H](O)[C@H](Cc3ccccc3)NC(=O)c3cc(-c4cnc5[nH]ccc5c4)ccc3F)CC2)c1. The minimum Gasteiger partial charge on any atom is -0.497 e. The highest BCUT2D eigenvalue weighted by Gasteiger charge is 2.44. The highest BCUT2D eigenvalue weighted by atomic mass is 19.1. The van der Waals surface area contributed by atoms with Crippen LogP contribution < -0.4 is 15.4 Å². The number of ether oxygens (including phenoxy) is 1. The number of H-pyrrole nitrogens is 1. The van der Waals surface area contributed by atoms with Crippen LogP contribution in [-0.2, 0) is 12.0 Å². The standard InChI is InChI=1S/C34H33FN4O3/c1-42-27-9-5-8-26(19-27)34(13-14-34)38-21-31(40)30(16-22-6-3-2-4-7-22)39-33(41)28-18-23(10-11-29(28)35)25-17-24-12-15-36-32(24)37-20-25/h2-12,15,17-20,30-31,38,40H,13-14,16,21H2,1H3,(H,36,37)(H,39,41)/t30-,31+/m0/s1. The quantitative estimate of drug-likeness (QED) is 0.173. The maximum absolute atomic E-state index is 15.0. The molecule has 0 spiro atoms. The molecule has 1 aliphatic carbocycles. The average Bonchev–Trinajstić information content (AvgIpc) is 3.68. The number of carbonyl (C=O) groups is 1. The number of benzene rings is 3. The van der Waals surface area contributed by atoms with Crippen LogP contribution in [0, 0.1) is 5.82 Å². The Kier molecular flexibility index (Phi) is 7.73. The second-order valence-electron chi connectivity index (χ2n) is 10.9. The Labute approximate surface area is 243 Å². The van der Waals surface area contributed by atoms with Crippen LogP contribution >= 0.6 is 0 Å². The first-order valence-corrected chi connectivity index (χ1v) is 14.1. The molecule has 5 aromatic rings. The topological polar surface area (TPSA) is 99.3 Å². The van der Waals surface area contributed by atoms with Gasteiger partial charge in [0.2, 0.25) is 0 Å². The number of aromatic amines is 1. The molecule has 3 aromatic carbocycles. The van der Waals surface area contributed by atoms with Crippen molar-refractivity contribution >= 4 is 16.9 Å². The van der Waals surface area contributed by atoms with Crippen molar-refractivity contribution in [3.63, 3.8) is 0 Å². The Bertz CT molecular complexity index is 1700. The second kappa shape index (κ2) is 11.8. The van der Waals surface area contributed by atoms with Crippen LogP contribution in [0.2, 0.25) is 0 Å². The van der Waals surface area contributed by atoms with Gasteiger partial charge in [-0.3, -0.25) is 4.79 Å². The van der Waals surface area contributed by atoms with Crippen molar-refractivity contribution in [2.24, 2.45) is 0 Å². The van der Waals surface area contributed by atoms with Crippen molar-refractivity contribution in [2.45, 2.75) is 36.9 Å². The number of methoxy groups -OCH3 is 1. The van der Waals surface area contributed by atoms with Gasteiger partial charge in [-0.25, -0.2) is 9.37 Å². The molecule has 1 saturated carbocycles. The minimum absolute atomic E-state index is 0.0880. The minimum atomic E-state index is -0.927. The number of carbonyl (C=O) groups excluding carboxylic acids is 1. The lowest BCUT2D eigenvalue weighted by atomic mass is 9.98. The van der Waals surface area contributed by atoms with Gasteiger partial charge in [0.15, 0.2) is 0 Å². The van der Waals surface area contributed by atoms with Gasteiger partial charge in [0.05, 0.1) is 24.8 Å². The van der Waals surface area contributed by atoms with Crippen molar-refractivity contribution in [3.05, 3.63) is 120 Å². The van der Waals surface area contributed by atoms with E-state index in [1.165, 1.54) is 12.1 Å². The van der Waals surface area contributed by atoms with Gasteiger partial charge in [-0.15, -0.1) is 0 Å². The van der Waals surface area contributed by atoms with Crippen LogP contribution in [0.3, 0.4) is 0 Å². The summed E-state index contributed by atoms with van der Waals surface area (Å²) in [6.07, 6.45) is 4.83. The lowest BCUT2D eigenvalue weighted by molar-refractivity contribution is 0.0818. The molecular formula is C34H33FN4O3. The first-order valence-electron chi connectivity index (χ1n) is 14.1. The van der Waals surface area contributed by atoms with Crippen LogP contribution in [0.5, 0.6) is 5.75 Å². The zero-order valence-electron chi connectivity index (χ0n) is 23.3. The zero-order valence-corrected chi connectivity index (χ0v) is 23.3. The molecule has 42 heavy (non-hydrogen) atoms. The molecule has 2 aromatic heterocycles. The molecule has 0 saturated heterocycles. The Balaban J connectivity index is 1.21. The molecule has 1 fully saturated rings. The fraction of sp³-hybridized carbons (Fsp3) is 0.235. The summed E-state index contributed by atoms with van der Waals surface area (Å²) >= 11 is 0. The number of rotatable bonds is 11. The summed E-state index contributed by atoms with van der Waals surface area (Å²) in [5, 5.41) is 18.8. The van der Waals surface area contributed by atoms with E-state index < -0.39 is 23.9 Å². The number of nitrogens with zero attached hydrogens (tertiary/aromatic N) is 1. The summed E-state index contributed by atoms with van der Waals surface area (Å²) < 4.78 is 20.4. The van der Waals surface area contributed by atoms with E-state index >= 15 is 4.39 Å². The maximum Gasteiger partial charge on any atom is 0.254 e. The Morgan fingerprint density at radius 1 is 1.05 bits per heavy atom. The van der Waals surface area contributed by atoms with E-state index in [2.05, 4.69) is 26.7 Å². The smallest absolute Gasteiger partial charge is 0.254 e. The summed E-state index contributed by atoms with van der Waals surface area (Å²) in [6, 6.07) is 25.2. The molecule has 6 rings (SSSR count). The Morgan fingerprint density at radius 2 is 1.88 bits per heavy atom. The number of halogens is 1. The number of amides is 1. The number of aliphatic hydroxyl groups is 1. The number of hydrogen-bond acceptors (Lipinski definition) is 5. The van der Waals surface area contributed by atoms with Gasteiger partial charge in [-0.1, -0.05) is 48.5 Å². The monoisotopic (exact) mass is 564 g/mol. The molecule has 1 amide bonds. The summed E-state index contributed by atoms with van der Waals surface area (Å²) in [6.45, 7) is 0.250. The number of nitrogens with one attached hydrogen (secondary N) is 3. The number of hydrogen-bond donors (Lipinski definition) is 4. The molecule has 2 atom stereocenters. The van der Waals surface area contributed by atoms with Gasteiger partial charge in [0, 0.05) is 35.4 Å². The van der Waals surface area contributed by atoms with E-state index in [1.54, 1.807) is 25.6 Å². The lowest BCUT2D eigenvalue weighted by Gasteiger charge is -2.27. The molecule has 7 nitrogen and oxygen atoms in total. The molecule has 8 heteroatoms. The first kappa shape index (κ1) is 27.6. The van der Waals surface area contributed by atoms with E-state index in [4.69, 9.17) is 4.74 Å². The van der Waals surface area contributed by atoms with Crippen LogP contribution in [0.25, 0.3) is 22.2 Å². The fourth-order valence-electron chi connectivity index (χ4n) is 5.43. The highest BCUT2D eigenvalue weighted by Crippen LogP contribution is 2.46. The van der Waals surface area contributed by atoms with Gasteiger partial charge in [-0.2, -0.15) is 0 Å². The molecule has 0 radical (unpaired) electrons. The van der Waals surface area contributed by atoms with E-state index in [-0.39, 0.29) is 17.6 Å². The molecule has 2 heterocycles. The van der Waals surface area contributed by atoms with Crippen molar-refractivity contribution in [2.75, 3.05) is 13.7 Å². The third-order valence-electron chi connectivity index (χ3n) is 8.05. The largest absolute Gasteiger partial charge is 0.497 e. The predicted octanol–water partition coefficient (Wildman–Crippen LogP) is 5.36. The van der Waals surface area contributed by atoms with E-state index in [0.717, 1.165) is 46.3 Å². The average molecular weight is 565 g/mol. The summed E-state index contributed by atoms with van der Waals surface area (Å²) in [7, 11) is 1.64. The van der Waals surface area contributed by atoms with Gasteiger partial charge < -0.3 is 25.5 Å². The van der Waals surface area contributed by atoms with Gasteiger partial charge >= 0.3 is 0 Å². The molecule has 4 N–H and O–H groups in total. The summed E-state index contributed by atoms with van der Waals surface area (Å²) in [5.41, 5.74) is 3.92. The van der Waals surface area contributed by atoms with Crippen molar-refractivity contribution in [3.8, 4) is 16.9 Å². The molecule has 0 unspecified atom stereocenters. The van der Waals surface area contributed by atoms with Gasteiger partial charge in [0.1, 0.15) is 17.2 Å².